The lowest BCUT2D eigenvalue weighted by molar-refractivity contribution is 0.608. The highest BCUT2D eigenvalue weighted by Crippen LogP contribution is 2.25. The largest absolute Gasteiger partial charge is 0.355 e. The molecule has 0 spiro atoms. The molecule has 0 aliphatic rings. The molecule has 2 rings (SSSR count). The number of nitrogens with zero attached hydrogens (tertiary/aromatic N) is 3. The average Bonchev–Trinajstić information content (AvgIpc) is 2.91. The molecule has 2 aromatic heterocycles. The van der Waals surface area contributed by atoms with Gasteiger partial charge in [0, 0.05) is 31.2 Å². The maximum atomic E-state index is 4.76. The lowest BCUT2D eigenvalue weighted by atomic mass is 10.1. The Bertz CT molecular complexity index is 502. The molecule has 0 fully saturated rings. The van der Waals surface area contributed by atoms with Crippen molar-refractivity contribution in [1.82, 2.24) is 14.7 Å². The highest BCUT2D eigenvalue weighted by molar-refractivity contribution is 7.15. The molecule has 1 N–H and O–H groups in total. The van der Waals surface area contributed by atoms with Gasteiger partial charge < -0.3 is 10.2 Å². The number of thiazole rings is 1. The molecule has 0 saturated heterocycles. The molecule has 0 aliphatic carbocycles. The fourth-order valence-electron chi connectivity index (χ4n) is 2.26. The van der Waals surface area contributed by atoms with Gasteiger partial charge in [-0.05, 0) is 20.4 Å². The zero-order chi connectivity index (χ0) is 13.1. The van der Waals surface area contributed by atoms with Crippen molar-refractivity contribution in [3.05, 3.63) is 17.3 Å². The van der Waals surface area contributed by atoms with Crippen LogP contribution in [0.3, 0.4) is 0 Å². The summed E-state index contributed by atoms with van der Waals surface area (Å²) in [6.07, 6.45) is 4.50. The Morgan fingerprint density at radius 2 is 2.33 bits per heavy atom. The van der Waals surface area contributed by atoms with Crippen LogP contribution in [0.5, 0.6) is 0 Å². The summed E-state index contributed by atoms with van der Waals surface area (Å²) in [6, 6.07) is 0.523. The Morgan fingerprint density at radius 1 is 1.56 bits per heavy atom. The van der Waals surface area contributed by atoms with Gasteiger partial charge in [-0.3, -0.25) is 4.40 Å². The van der Waals surface area contributed by atoms with E-state index in [0.717, 1.165) is 17.3 Å². The predicted molar refractivity (Wildman–Crippen MR) is 78.6 cm³/mol. The zero-order valence-electron chi connectivity index (χ0n) is 11.6. The molecule has 0 amide bonds. The molecule has 18 heavy (non-hydrogen) atoms. The van der Waals surface area contributed by atoms with Gasteiger partial charge >= 0.3 is 0 Å². The predicted octanol–water partition coefficient (Wildman–Crippen LogP) is 2.74. The summed E-state index contributed by atoms with van der Waals surface area (Å²) < 4.78 is 2.19. The fourth-order valence-corrected chi connectivity index (χ4v) is 2.98. The van der Waals surface area contributed by atoms with Gasteiger partial charge in [-0.2, -0.15) is 0 Å². The van der Waals surface area contributed by atoms with Crippen LogP contribution in [0.15, 0.2) is 11.6 Å². The minimum atomic E-state index is 0.523. The van der Waals surface area contributed by atoms with Gasteiger partial charge in [0.15, 0.2) is 10.8 Å². The second-order valence-corrected chi connectivity index (χ2v) is 5.59. The van der Waals surface area contributed by atoms with Gasteiger partial charge in [0.2, 0.25) is 0 Å². The number of imidazole rings is 1. The van der Waals surface area contributed by atoms with Gasteiger partial charge in [-0.1, -0.05) is 13.3 Å². The van der Waals surface area contributed by atoms with E-state index in [4.69, 9.17) is 4.98 Å². The van der Waals surface area contributed by atoms with Gasteiger partial charge in [0.05, 0.1) is 5.69 Å². The van der Waals surface area contributed by atoms with E-state index >= 15 is 0 Å². The second kappa shape index (κ2) is 5.71. The molecule has 0 radical (unpaired) electrons. The number of nitrogens with one attached hydrogen (secondary N) is 1. The van der Waals surface area contributed by atoms with Crippen molar-refractivity contribution in [1.29, 1.82) is 0 Å². The van der Waals surface area contributed by atoms with E-state index in [1.807, 2.05) is 7.05 Å². The van der Waals surface area contributed by atoms with Crippen LogP contribution in [0.2, 0.25) is 0 Å². The molecule has 1 atom stereocenters. The van der Waals surface area contributed by atoms with Crippen LogP contribution in [0, 0.1) is 0 Å². The van der Waals surface area contributed by atoms with Gasteiger partial charge in [-0.25, -0.2) is 4.98 Å². The van der Waals surface area contributed by atoms with Crippen LogP contribution in [-0.4, -0.2) is 29.5 Å². The molecule has 1 unspecified atom stereocenters. The summed E-state index contributed by atoms with van der Waals surface area (Å²) in [5, 5.41) is 5.32. The van der Waals surface area contributed by atoms with E-state index in [1.165, 1.54) is 18.5 Å². The van der Waals surface area contributed by atoms with E-state index in [1.54, 1.807) is 11.3 Å². The van der Waals surface area contributed by atoms with Crippen molar-refractivity contribution in [2.45, 2.75) is 39.3 Å². The van der Waals surface area contributed by atoms with Crippen molar-refractivity contribution in [3.63, 3.8) is 0 Å². The first-order valence-corrected chi connectivity index (χ1v) is 7.38. The van der Waals surface area contributed by atoms with Crippen molar-refractivity contribution < 1.29 is 0 Å². The fraction of sp³-hybridized carbons (Fsp3) is 0.615. The van der Waals surface area contributed by atoms with E-state index in [2.05, 4.69) is 47.1 Å². The average molecular weight is 266 g/mol. The van der Waals surface area contributed by atoms with Crippen molar-refractivity contribution in [2.24, 2.45) is 0 Å². The number of fused-ring (bicyclic) bond motifs is 1. The van der Waals surface area contributed by atoms with E-state index in [0.29, 0.717) is 6.04 Å². The number of rotatable bonds is 6. The molecule has 0 aliphatic heterocycles. The molecule has 0 bridgehead atoms. The summed E-state index contributed by atoms with van der Waals surface area (Å²) in [4.78, 5) is 8.14. The maximum absolute atomic E-state index is 4.76. The highest BCUT2D eigenvalue weighted by Gasteiger charge is 2.19. The molecule has 2 heterocycles. The standard InChI is InChI=1S/C13H22N4S/c1-5-6-10(2)16(4)12-11(9-14-3)17-7-8-18-13(17)15-12/h7-8,10,14H,5-6,9H2,1-4H3. The Hall–Kier alpha value is -1.07. The summed E-state index contributed by atoms with van der Waals surface area (Å²) in [6.45, 7) is 5.33. The zero-order valence-corrected chi connectivity index (χ0v) is 12.4. The van der Waals surface area contributed by atoms with Crippen LogP contribution in [0.25, 0.3) is 4.96 Å². The summed E-state index contributed by atoms with van der Waals surface area (Å²) in [7, 11) is 4.12. The molecule has 2 aromatic rings. The lowest BCUT2D eigenvalue weighted by Gasteiger charge is -2.25. The minimum Gasteiger partial charge on any atom is -0.355 e. The third-order valence-electron chi connectivity index (χ3n) is 3.39. The van der Waals surface area contributed by atoms with Gasteiger partial charge in [0.1, 0.15) is 0 Å². The number of anilines is 1. The smallest absolute Gasteiger partial charge is 0.195 e. The van der Waals surface area contributed by atoms with Crippen LogP contribution in [0.4, 0.5) is 5.82 Å². The van der Waals surface area contributed by atoms with E-state index < -0.39 is 0 Å². The molecular formula is C13H22N4S. The van der Waals surface area contributed by atoms with Crippen LogP contribution < -0.4 is 10.2 Å². The third kappa shape index (κ3) is 2.37. The molecule has 5 heteroatoms. The summed E-state index contributed by atoms with van der Waals surface area (Å²) in [5.74, 6) is 1.11. The Kier molecular flexibility index (Phi) is 4.24. The normalized spacial score (nSPS) is 13.1. The van der Waals surface area contributed by atoms with Crippen molar-refractivity contribution >= 4 is 22.1 Å². The van der Waals surface area contributed by atoms with Crippen LogP contribution in [0.1, 0.15) is 32.4 Å². The maximum Gasteiger partial charge on any atom is 0.195 e. The first-order valence-electron chi connectivity index (χ1n) is 6.50. The van der Waals surface area contributed by atoms with E-state index in [-0.39, 0.29) is 0 Å². The van der Waals surface area contributed by atoms with Gasteiger partial charge in [-0.15, -0.1) is 11.3 Å². The molecule has 4 nitrogen and oxygen atoms in total. The molecule has 0 aromatic carbocycles. The quantitative estimate of drug-likeness (QED) is 0.872. The number of aromatic nitrogens is 2. The first-order chi connectivity index (χ1) is 8.69. The molecular weight excluding hydrogens is 244 g/mol. The topological polar surface area (TPSA) is 32.6 Å². The Labute approximate surface area is 113 Å². The second-order valence-electron chi connectivity index (χ2n) is 4.72. The Balaban J connectivity index is 2.36. The number of hydrogen-bond acceptors (Lipinski definition) is 4. The van der Waals surface area contributed by atoms with E-state index in [9.17, 15) is 0 Å². The van der Waals surface area contributed by atoms with Crippen molar-refractivity contribution in [2.75, 3.05) is 19.0 Å². The Morgan fingerprint density at radius 3 is 3.00 bits per heavy atom. The monoisotopic (exact) mass is 266 g/mol. The van der Waals surface area contributed by atoms with Crippen LogP contribution >= 0.6 is 11.3 Å². The van der Waals surface area contributed by atoms with Gasteiger partial charge in [0.25, 0.3) is 0 Å². The SMILES string of the molecule is CCCC(C)N(C)c1nc2sccn2c1CNC. The summed E-state index contributed by atoms with van der Waals surface area (Å²) >= 11 is 1.69. The minimum absolute atomic E-state index is 0.523. The third-order valence-corrected chi connectivity index (χ3v) is 4.14. The van der Waals surface area contributed by atoms with Crippen LogP contribution in [-0.2, 0) is 6.54 Å². The molecule has 100 valence electrons. The number of hydrogen-bond donors (Lipinski definition) is 1. The molecule has 0 saturated carbocycles. The van der Waals surface area contributed by atoms with Crippen molar-refractivity contribution in [3.8, 4) is 0 Å². The highest BCUT2D eigenvalue weighted by atomic mass is 32.1. The lowest BCUT2D eigenvalue weighted by Crippen LogP contribution is -2.30. The summed E-state index contributed by atoms with van der Waals surface area (Å²) in [5.41, 5.74) is 1.25. The first kappa shape index (κ1) is 13.4.